The second kappa shape index (κ2) is 4.36. The molecule has 1 N–H and O–H groups in total. The van der Waals surface area contributed by atoms with Crippen molar-refractivity contribution in [2.45, 2.75) is 39.7 Å². The van der Waals surface area contributed by atoms with Crippen LogP contribution in [0.15, 0.2) is 18.2 Å². The summed E-state index contributed by atoms with van der Waals surface area (Å²) in [5.41, 5.74) is 4.31. The first-order chi connectivity index (χ1) is 7.22. The maximum Gasteiger partial charge on any atom is 0.0351 e. The number of hydrogen-bond acceptors (Lipinski definition) is 1. The molecule has 1 heteroatoms. The highest BCUT2D eigenvalue weighted by molar-refractivity contribution is 5.33. The lowest BCUT2D eigenvalue weighted by Gasteiger charge is -2.20. The standard InChI is InChI=1S/C14H21N/c1-4-12-7-8-15-14(12)13-6-5-10(2)9-11(13)3/h5-6,9,12,14-15H,4,7-8H2,1-3H3/t12-,14-/m0/s1. The molecule has 0 amide bonds. The molecule has 1 aliphatic heterocycles. The minimum absolute atomic E-state index is 0.593. The number of benzene rings is 1. The van der Waals surface area contributed by atoms with Gasteiger partial charge in [0, 0.05) is 6.04 Å². The molecule has 1 nitrogen and oxygen atoms in total. The van der Waals surface area contributed by atoms with Gasteiger partial charge in [0.2, 0.25) is 0 Å². The molecule has 1 saturated heterocycles. The Morgan fingerprint density at radius 1 is 1.33 bits per heavy atom. The summed E-state index contributed by atoms with van der Waals surface area (Å²) in [6.45, 7) is 7.87. The molecule has 1 aromatic carbocycles. The van der Waals surface area contributed by atoms with E-state index in [1.165, 1.54) is 36.1 Å². The maximum atomic E-state index is 3.63. The minimum Gasteiger partial charge on any atom is -0.310 e. The van der Waals surface area contributed by atoms with Crippen molar-refractivity contribution >= 4 is 0 Å². The van der Waals surface area contributed by atoms with Crippen molar-refractivity contribution in [2.24, 2.45) is 5.92 Å². The molecular formula is C14H21N. The predicted octanol–water partition coefficient (Wildman–Crippen LogP) is 3.36. The summed E-state index contributed by atoms with van der Waals surface area (Å²) in [4.78, 5) is 0. The Morgan fingerprint density at radius 2 is 2.13 bits per heavy atom. The van der Waals surface area contributed by atoms with Gasteiger partial charge in [-0.05, 0) is 43.9 Å². The van der Waals surface area contributed by atoms with E-state index in [-0.39, 0.29) is 0 Å². The van der Waals surface area contributed by atoms with Gasteiger partial charge < -0.3 is 5.32 Å². The van der Waals surface area contributed by atoms with Gasteiger partial charge in [0.1, 0.15) is 0 Å². The fraction of sp³-hybridized carbons (Fsp3) is 0.571. The van der Waals surface area contributed by atoms with Gasteiger partial charge >= 0.3 is 0 Å². The quantitative estimate of drug-likeness (QED) is 0.777. The second-order valence-electron chi connectivity index (χ2n) is 4.75. The van der Waals surface area contributed by atoms with Gasteiger partial charge in [-0.25, -0.2) is 0 Å². The summed E-state index contributed by atoms with van der Waals surface area (Å²) in [6.07, 6.45) is 2.61. The SMILES string of the molecule is CC[C@H]1CCN[C@@H]1c1ccc(C)cc1C. The van der Waals surface area contributed by atoms with Crippen molar-refractivity contribution in [1.82, 2.24) is 5.32 Å². The molecule has 1 aromatic rings. The van der Waals surface area contributed by atoms with E-state index in [1.54, 1.807) is 0 Å². The van der Waals surface area contributed by atoms with Crippen LogP contribution >= 0.6 is 0 Å². The Morgan fingerprint density at radius 3 is 2.80 bits per heavy atom. The van der Waals surface area contributed by atoms with Crippen LogP contribution in [-0.2, 0) is 0 Å². The molecule has 0 unspecified atom stereocenters. The Bertz CT molecular complexity index is 343. The molecule has 1 heterocycles. The van der Waals surface area contributed by atoms with Crippen LogP contribution in [0.2, 0.25) is 0 Å². The van der Waals surface area contributed by atoms with Crippen molar-refractivity contribution in [3.05, 3.63) is 34.9 Å². The molecule has 1 fully saturated rings. The average Bonchev–Trinajstić information content (AvgIpc) is 2.65. The third kappa shape index (κ3) is 2.07. The molecule has 0 aromatic heterocycles. The van der Waals surface area contributed by atoms with Crippen LogP contribution in [0, 0.1) is 19.8 Å². The van der Waals surface area contributed by atoms with Crippen molar-refractivity contribution in [2.75, 3.05) is 6.54 Å². The van der Waals surface area contributed by atoms with Gasteiger partial charge in [0.05, 0.1) is 0 Å². The first kappa shape index (κ1) is 10.7. The largest absolute Gasteiger partial charge is 0.310 e. The van der Waals surface area contributed by atoms with Gasteiger partial charge in [-0.1, -0.05) is 37.1 Å². The van der Waals surface area contributed by atoms with Crippen molar-refractivity contribution < 1.29 is 0 Å². The third-order valence-corrected chi connectivity index (χ3v) is 3.64. The summed E-state index contributed by atoms with van der Waals surface area (Å²) in [5, 5.41) is 3.63. The van der Waals surface area contributed by atoms with Crippen LogP contribution < -0.4 is 5.32 Å². The molecule has 0 aliphatic carbocycles. The van der Waals surface area contributed by atoms with Crippen LogP contribution in [0.4, 0.5) is 0 Å². The van der Waals surface area contributed by atoms with Crippen LogP contribution in [0.3, 0.4) is 0 Å². The Labute approximate surface area is 92.9 Å². The van der Waals surface area contributed by atoms with Crippen LogP contribution in [0.5, 0.6) is 0 Å². The average molecular weight is 203 g/mol. The number of rotatable bonds is 2. The molecule has 0 spiro atoms. The van der Waals surface area contributed by atoms with Crippen LogP contribution in [0.25, 0.3) is 0 Å². The molecular weight excluding hydrogens is 182 g/mol. The molecule has 2 atom stereocenters. The highest BCUT2D eigenvalue weighted by Gasteiger charge is 2.27. The first-order valence-corrected chi connectivity index (χ1v) is 6.03. The molecule has 82 valence electrons. The fourth-order valence-corrected chi connectivity index (χ4v) is 2.74. The fourth-order valence-electron chi connectivity index (χ4n) is 2.74. The Balaban J connectivity index is 2.28. The zero-order valence-electron chi connectivity index (χ0n) is 10.0. The predicted molar refractivity (Wildman–Crippen MR) is 65.1 cm³/mol. The van der Waals surface area contributed by atoms with Crippen LogP contribution in [0.1, 0.15) is 42.5 Å². The summed E-state index contributed by atoms with van der Waals surface area (Å²) < 4.78 is 0. The van der Waals surface area contributed by atoms with Gasteiger partial charge in [-0.2, -0.15) is 0 Å². The topological polar surface area (TPSA) is 12.0 Å². The van der Waals surface area contributed by atoms with E-state index < -0.39 is 0 Å². The van der Waals surface area contributed by atoms with Gasteiger partial charge in [-0.3, -0.25) is 0 Å². The summed E-state index contributed by atoms with van der Waals surface area (Å²) in [6, 6.07) is 7.42. The Kier molecular flexibility index (Phi) is 3.11. The van der Waals surface area contributed by atoms with Gasteiger partial charge in [-0.15, -0.1) is 0 Å². The first-order valence-electron chi connectivity index (χ1n) is 6.03. The highest BCUT2D eigenvalue weighted by Crippen LogP contribution is 2.33. The summed E-state index contributed by atoms with van der Waals surface area (Å²) in [5.74, 6) is 0.825. The molecule has 1 aliphatic rings. The Hall–Kier alpha value is -0.820. The lowest BCUT2D eigenvalue weighted by atomic mass is 9.89. The molecule has 0 saturated carbocycles. The van der Waals surface area contributed by atoms with Crippen LogP contribution in [-0.4, -0.2) is 6.54 Å². The van der Waals surface area contributed by atoms with E-state index in [2.05, 4.69) is 44.3 Å². The monoisotopic (exact) mass is 203 g/mol. The number of aryl methyl sites for hydroxylation is 2. The zero-order chi connectivity index (χ0) is 10.8. The molecule has 2 rings (SSSR count). The number of nitrogens with one attached hydrogen (secondary N) is 1. The second-order valence-corrected chi connectivity index (χ2v) is 4.75. The third-order valence-electron chi connectivity index (χ3n) is 3.64. The normalized spacial score (nSPS) is 25.8. The number of hydrogen-bond donors (Lipinski definition) is 1. The molecule has 0 radical (unpaired) electrons. The summed E-state index contributed by atoms with van der Waals surface area (Å²) >= 11 is 0. The van der Waals surface area contributed by atoms with Gasteiger partial charge in [0.25, 0.3) is 0 Å². The molecule has 0 bridgehead atoms. The van der Waals surface area contributed by atoms with E-state index in [0.29, 0.717) is 6.04 Å². The van der Waals surface area contributed by atoms with E-state index in [4.69, 9.17) is 0 Å². The highest BCUT2D eigenvalue weighted by atomic mass is 15.0. The van der Waals surface area contributed by atoms with E-state index in [1.807, 2.05) is 0 Å². The minimum atomic E-state index is 0.593. The smallest absolute Gasteiger partial charge is 0.0351 e. The van der Waals surface area contributed by atoms with E-state index >= 15 is 0 Å². The lowest BCUT2D eigenvalue weighted by molar-refractivity contribution is 0.448. The summed E-state index contributed by atoms with van der Waals surface area (Å²) in [7, 11) is 0. The molecule has 15 heavy (non-hydrogen) atoms. The van der Waals surface area contributed by atoms with Crippen molar-refractivity contribution in [3.63, 3.8) is 0 Å². The lowest BCUT2D eigenvalue weighted by Crippen LogP contribution is -2.18. The maximum absolute atomic E-state index is 3.63. The van der Waals surface area contributed by atoms with Gasteiger partial charge in [0.15, 0.2) is 0 Å². The van der Waals surface area contributed by atoms with E-state index in [0.717, 1.165) is 5.92 Å². The zero-order valence-corrected chi connectivity index (χ0v) is 10.0. The van der Waals surface area contributed by atoms with Crippen molar-refractivity contribution in [1.29, 1.82) is 0 Å². The van der Waals surface area contributed by atoms with E-state index in [9.17, 15) is 0 Å². The van der Waals surface area contributed by atoms with Crippen molar-refractivity contribution in [3.8, 4) is 0 Å².